The minimum absolute atomic E-state index is 0.00175. The molecular formula is C29H33ClN4O3. The van der Waals surface area contributed by atoms with Gasteiger partial charge in [-0.2, -0.15) is 0 Å². The number of hydrogen-bond donors (Lipinski definition) is 2. The molecule has 2 saturated heterocycles. The monoisotopic (exact) mass is 520 g/mol. The van der Waals surface area contributed by atoms with Crippen LogP contribution < -0.4 is 5.32 Å². The average Bonchev–Trinajstić information content (AvgIpc) is 3.23. The smallest absolute Gasteiger partial charge is 0.229 e. The van der Waals surface area contributed by atoms with Gasteiger partial charge in [0, 0.05) is 40.3 Å². The van der Waals surface area contributed by atoms with Crippen LogP contribution in [-0.4, -0.2) is 63.8 Å². The Morgan fingerprint density at radius 3 is 2.65 bits per heavy atom. The van der Waals surface area contributed by atoms with Crippen molar-refractivity contribution in [3.63, 3.8) is 0 Å². The number of pyridine rings is 2. The van der Waals surface area contributed by atoms with Crippen molar-refractivity contribution in [2.24, 2.45) is 5.92 Å². The predicted molar refractivity (Wildman–Crippen MR) is 144 cm³/mol. The molecule has 3 fully saturated rings. The zero-order valence-electron chi connectivity index (χ0n) is 21.1. The van der Waals surface area contributed by atoms with E-state index in [1.807, 2.05) is 30.3 Å². The summed E-state index contributed by atoms with van der Waals surface area (Å²) in [7, 11) is 0. The van der Waals surface area contributed by atoms with Crippen LogP contribution in [-0.2, 0) is 9.53 Å². The summed E-state index contributed by atoms with van der Waals surface area (Å²) in [4.78, 5) is 24.3. The van der Waals surface area contributed by atoms with Crippen molar-refractivity contribution in [3.05, 3.63) is 65.1 Å². The first-order valence-corrected chi connectivity index (χ1v) is 13.6. The fourth-order valence-electron chi connectivity index (χ4n) is 6.20. The molecule has 1 amide bonds. The lowest BCUT2D eigenvalue weighted by Gasteiger charge is -2.43. The Hall–Kier alpha value is -2.58. The number of benzene rings is 1. The summed E-state index contributed by atoms with van der Waals surface area (Å²) >= 11 is 6.74. The number of hydrogen-bond acceptors (Lipinski definition) is 6. The summed E-state index contributed by atoms with van der Waals surface area (Å²) in [6, 6.07) is 12.0. The van der Waals surface area contributed by atoms with Crippen molar-refractivity contribution in [3.8, 4) is 0 Å². The molecule has 3 aliphatic rings. The zero-order chi connectivity index (χ0) is 25.6. The van der Waals surface area contributed by atoms with Gasteiger partial charge in [-0.1, -0.05) is 17.7 Å². The molecule has 2 aliphatic heterocycles. The van der Waals surface area contributed by atoms with Gasteiger partial charge in [0.15, 0.2) is 0 Å². The third kappa shape index (κ3) is 4.63. The van der Waals surface area contributed by atoms with Crippen LogP contribution in [0.1, 0.15) is 55.7 Å². The maximum absolute atomic E-state index is 13.0. The fourth-order valence-corrected chi connectivity index (χ4v) is 6.53. The second kappa shape index (κ2) is 9.95. The first-order chi connectivity index (χ1) is 17.9. The third-order valence-electron chi connectivity index (χ3n) is 8.81. The average molecular weight is 521 g/mol. The molecule has 1 saturated carbocycles. The number of likely N-dealkylation sites (tertiary alicyclic amines) is 1. The number of aliphatic hydroxyl groups excluding tert-OH is 1. The van der Waals surface area contributed by atoms with Gasteiger partial charge in [-0.05, 0) is 92.9 Å². The summed E-state index contributed by atoms with van der Waals surface area (Å²) < 4.78 is 5.55. The summed E-state index contributed by atoms with van der Waals surface area (Å²) in [5.41, 5.74) is 1.81. The highest BCUT2D eigenvalue weighted by atomic mass is 35.5. The van der Waals surface area contributed by atoms with Gasteiger partial charge in [-0.25, -0.2) is 4.98 Å². The lowest BCUT2D eigenvalue weighted by molar-refractivity contribution is -0.123. The lowest BCUT2D eigenvalue weighted by Crippen LogP contribution is -2.56. The summed E-state index contributed by atoms with van der Waals surface area (Å²) in [6.07, 6.45) is 6.90. The number of amides is 1. The number of piperidine rings is 1. The minimum Gasteiger partial charge on any atom is -0.389 e. The summed E-state index contributed by atoms with van der Waals surface area (Å²) in [5, 5.41) is 16.2. The molecule has 0 unspecified atom stereocenters. The Balaban J connectivity index is 1.16. The van der Waals surface area contributed by atoms with Crippen LogP contribution in [0.4, 0.5) is 5.82 Å². The van der Waals surface area contributed by atoms with E-state index in [9.17, 15) is 9.90 Å². The summed E-state index contributed by atoms with van der Waals surface area (Å²) in [5.74, 6) is 0.995. The van der Waals surface area contributed by atoms with Gasteiger partial charge in [0.2, 0.25) is 5.91 Å². The number of rotatable bonds is 5. The van der Waals surface area contributed by atoms with E-state index in [0.29, 0.717) is 24.9 Å². The quantitative estimate of drug-likeness (QED) is 0.505. The number of fused-ring (bicyclic) bond motifs is 1. The molecule has 0 spiro atoms. The molecule has 7 nitrogen and oxygen atoms in total. The Labute approximate surface area is 222 Å². The number of carbonyl (C=O) groups excluding carboxylic acids is 1. The standard InChI is InChI=1S/C29H33ClN4O3/c1-29(17-37-16-26(29)35)34-10-7-18(8-11-34)23-12-19-14-27(32-15-20(19)13-24(23)30)33-28(36)22-6-5-21(22)25-4-2-3-9-31-25/h2-4,9,12-15,18,21-22,26,35H,5-8,10-11,16-17H2,1H3,(H,32,33,36)/t21-,22-,26+,29-/m1/s1. The molecule has 194 valence electrons. The van der Waals surface area contributed by atoms with Crippen LogP contribution in [0.2, 0.25) is 5.02 Å². The molecule has 2 aromatic heterocycles. The van der Waals surface area contributed by atoms with E-state index in [2.05, 4.69) is 33.2 Å². The van der Waals surface area contributed by atoms with Gasteiger partial charge >= 0.3 is 0 Å². The van der Waals surface area contributed by atoms with Crippen molar-refractivity contribution in [2.45, 2.75) is 56.1 Å². The van der Waals surface area contributed by atoms with Crippen molar-refractivity contribution in [2.75, 3.05) is 31.6 Å². The predicted octanol–water partition coefficient (Wildman–Crippen LogP) is 4.74. The van der Waals surface area contributed by atoms with Gasteiger partial charge in [0.1, 0.15) is 5.82 Å². The normalized spacial score (nSPS) is 28.8. The molecule has 1 aromatic carbocycles. The van der Waals surface area contributed by atoms with Crippen LogP contribution in [0.5, 0.6) is 0 Å². The van der Waals surface area contributed by atoms with E-state index in [1.165, 1.54) is 0 Å². The number of aliphatic hydroxyl groups is 1. The molecule has 4 atom stereocenters. The Morgan fingerprint density at radius 1 is 1.14 bits per heavy atom. The zero-order valence-corrected chi connectivity index (χ0v) is 21.8. The SMILES string of the molecule is C[C@@]1(N2CCC(c3cc4cc(NC(=O)[C@@H]5CC[C@H]5c5ccccn5)ncc4cc3Cl)CC2)COC[C@@H]1O. The van der Waals surface area contributed by atoms with Crippen molar-refractivity contribution < 1.29 is 14.6 Å². The highest BCUT2D eigenvalue weighted by Gasteiger charge is 2.45. The van der Waals surface area contributed by atoms with Crippen LogP contribution in [0, 0.1) is 5.92 Å². The minimum atomic E-state index is -0.450. The fraction of sp³-hybridized carbons (Fsp3) is 0.483. The van der Waals surface area contributed by atoms with Crippen LogP contribution in [0.25, 0.3) is 10.8 Å². The molecular weight excluding hydrogens is 488 g/mol. The second-order valence-corrected chi connectivity index (χ2v) is 11.4. The van der Waals surface area contributed by atoms with E-state index in [4.69, 9.17) is 16.3 Å². The molecule has 8 heteroatoms. The van der Waals surface area contributed by atoms with E-state index in [1.54, 1.807) is 12.4 Å². The molecule has 6 rings (SSSR count). The summed E-state index contributed by atoms with van der Waals surface area (Å²) in [6.45, 7) is 4.86. The van der Waals surface area contributed by atoms with Crippen molar-refractivity contribution >= 4 is 34.1 Å². The number of anilines is 1. The van der Waals surface area contributed by atoms with Crippen LogP contribution >= 0.6 is 11.6 Å². The molecule has 1 aliphatic carbocycles. The first kappa shape index (κ1) is 24.7. The van der Waals surface area contributed by atoms with E-state index >= 15 is 0 Å². The molecule has 37 heavy (non-hydrogen) atoms. The number of nitrogens with zero attached hydrogens (tertiary/aromatic N) is 3. The number of halogens is 1. The largest absolute Gasteiger partial charge is 0.389 e. The van der Waals surface area contributed by atoms with E-state index < -0.39 is 6.10 Å². The first-order valence-electron chi connectivity index (χ1n) is 13.2. The Morgan fingerprint density at radius 2 is 1.97 bits per heavy atom. The van der Waals surface area contributed by atoms with Crippen LogP contribution in [0.15, 0.2) is 48.8 Å². The van der Waals surface area contributed by atoms with Gasteiger partial charge < -0.3 is 15.2 Å². The molecule has 2 N–H and O–H groups in total. The number of nitrogens with one attached hydrogen (secondary N) is 1. The molecule has 3 aromatic rings. The van der Waals surface area contributed by atoms with Gasteiger partial charge in [-0.15, -0.1) is 0 Å². The number of aromatic nitrogens is 2. The van der Waals surface area contributed by atoms with Crippen molar-refractivity contribution in [1.82, 2.24) is 14.9 Å². The van der Waals surface area contributed by atoms with Gasteiger partial charge in [0.05, 0.1) is 24.9 Å². The highest BCUT2D eigenvalue weighted by molar-refractivity contribution is 6.32. The Kier molecular flexibility index (Phi) is 6.65. The topological polar surface area (TPSA) is 87.6 Å². The number of ether oxygens (including phenoxy) is 1. The molecule has 0 radical (unpaired) electrons. The Bertz CT molecular complexity index is 1300. The molecule has 4 heterocycles. The second-order valence-electron chi connectivity index (χ2n) is 11.0. The molecule has 0 bridgehead atoms. The maximum atomic E-state index is 13.0. The maximum Gasteiger partial charge on any atom is 0.229 e. The van der Waals surface area contributed by atoms with Crippen molar-refractivity contribution in [1.29, 1.82) is 0 Å². The van der Waals surface area contributed by atoms with Gasteiger partial charge in [0.25, 0.3) is 0 Å². The van der Waals surface area contributed by atoms with E-state index in [-0.39, 0.29) is 23.3 Å². The van der Waals surface area contributed by atoms with Gasteiger partial charge in [-0.3, -0.25) is 14.7 Å². The number of carbonyl (C=O) groups is 1. The van der Waals surface area contributed by atoms with E-state index in [0.717, 1.165) is 65.8 Å². The lowest BCUT2D eigenvalue weighted by atomic mass is 9.71. The van der Waals surface area contributed by atoms with Crippen LogP contribution in [0.3, 0.4) is 0 Å². The highest BCUT2D eigenvalue weighted by Crippen LogP contribution is 2.42. The third-order valence-corrected chi connectivity index (χ3v) is 9.14.